The molecule has 0 unspecified atom stereocenters. The van der Waals surface area contributed by atoms with Crippen molar-refractivity contribution in [1.82, 2.24) is 20.2 Å². The third-order valence-corrected chi connectivity index (χ3v) is 6.99. The molecule has 4 heterocycles. The zero-order chi connectivity index (χ0) is 21.8. The van der Waals surface area contributed by atoms with Gasteiger partial charge in [0.25, 0.3) is 0 Å². The maximum atomic E-state index is 12.7. The van der Waals surface area contributed by atoms with E-state index in [4.69, 9.17) is 0 Å². The van der Waals surface area contributed by atoms with Crippen molar-refractivity contribution >= 4 is 40.6 Å². The van der Waals surface area contributed by atoms with Crippen LogP contribution in [0.1, 0.15) is 38.0 Å². The molecule has 31 heavy (non-hydrogen) atoms. The molecule has 0 bridgehead atoms. The Morgan fingerprint density at radius 3 is 2.90 bits per heavy atom. The fraction of sp³-hybridized carbons (Fsp3) is 0.304. The van der Waals surface area contributed by atoms with Gasteiger partial charge in [0, 0.05) is 47.9 Å². The monoisotopic (exact) mass is 452 g/mol. The lowest BCUT2D eigenvalue weighted by Crippen LogP contribution is -2.38. The van der Waals surface area contributed by atoms with Crippen LogP contribution in [-0.4, -0.2) is 33.2 Å². The van der Waals surface area contributed by atoms with Gasteiger partial charge in [0.15, 0.2) is 0 Å². The molecule has 0 fully saturated rings. The van der Waals surface area contributed by atoms with Gasteiger partial charge in [-0.1, -0.05) is 6.07 Å². The molecule has 3 aromatic heterocycles. The van der Waals surface area contributed by atoms with Crippen molar-refractivity contribution < 1.29 is 9.59 Å². The number of thiazole rings is 1. The van der Waals surface area contributed by atoms with Gasteiger partial charge in [-0.15, -0.1) is 22.7 Å². The zero-order valence-corrected chi connectivity index (χ0v) is 19.2. The Morgan fingerprint density at radius 1 is 1.29 bits per heavy atom. The Balaban J connectivity index is 1.41. The lowest BCUT2D eigenvalue weighted by atomic mass is 9.94. The van der Waals surface area contributed by atoms with E-state index in [1.807, 2.05) is 53.9 Å². The van der Waals surface area contributed by atoms with E-state index < -0.39 is 0 Å². The molecule has 0 saturated carbocycles. The zero-order valence-electron chi connectivity index (χ0n) is 17.6. The van der Waals surface area contributed by atoms with Crippen LogP contribution in [0.15, 0.2) is 35.2 Å². The van der Waals surface area contributed by atoms with Crippen LogP contribution in [0, 0.1) is 13.8 Å². The minimum atomic E-state index is -0.128. The largest absolute Gasteiger partial charge is 0.348 e. The summed E-state index contributed by atoms with van der Waals surface area (Å²) in [6.07, 6.45) is 6.33. The van der Waals surface area contributed by atoms with Crippen LogP contribution < -0.4 is 5.32 Å². The average molecular weight is 453 g/mol. The summed E-state index contributed by atoms with van der Waals surface area (Å²) in [6.45, 7) is 5.55. The van der Waals surface area contributed by atoms with E-state index in [1.54, 1.807) is 28.7 Å². The van der Waals surface area contributed by atoms with Gasteiger partial charge in [-0.25, -0.2) is 4.98 Å². The number of carbonyl (C=O) groups excluding carboxylic acids is 2. The molecule has 1 aliphatic rings. The Kier molecular flexibility index (Phi) is 6.58. The molecule has 0 saturated heterocycles. The van der Waals surface area contributed by atoms with Crippen molar-refractivity contribution in [3.05, 3.63) is 73.1 Å². The number of aromatic nitrogens is 2. The third-order valence-electron chi connectivity index (χ3n) is 5.33. The van der Waals surface area contributed by atoms with Crippen LogP contribution in [-0.2, 0) is 35.5 Å². The van der Waals surface area contributed by atoms with E-state index in [0.717, 1.165) is 38.8 Å². The molecule has 1 N–H and O–H groups in total. The summed E-state index contributed by atoms with van der Waals surface area (Å²) >= 11 is 3.16. The standard InChI is InChI=1S/C23H24N4O2S2/c1-15-21(12-25-22(28)6-5-19-4-3-9-30-19)20-7-8-27(13-17(20)11-24-15)23(29)10-18-14-31-16(2)26-18/h3-6,9,11,14H,7-8,10,12-13H2,1-2H3,(H,25,28)/b6-5+. The molecule has 2 amide bonds. The van der Waals surface area contributed by atoms with E-state index in [2.05, 4.69) is 15.3 Å². The average Bonchev–Trinajstić information content (AvgIpc) is 3.42. The smallest absolute Gasteiger partial charge is 0.244 e. The third kappa shape index (κ3) is 5.26. The highest BCUT2D eigenvalue weighted by molar-refractivity contribution is 7.10. The van der Waals surface area contributed by atoms with Gasteiger partial charge in [0.2, 0.25) is 11.8 Å². The number of fused-ring (bicyclic) bond motifs is 1. The van der Waals surface area contributed by atoms with Crippen LogP contribution in [0.3, 0.4) is 0 Å². The molecule has 0 spiro atoms. The predicted octanol–water partition coefficient (Wildman–Crippen LogP) is 3.67. The fourth-order valence-corrected chi connectivity index (χ4v) is 4.93. The summed E-state index contributed by atoms with van der Waals surface area (Å²) in [4.78, 5) is 36.8. The molecule has 1 aliphatic heterocycles. The Bertz CT molecular complexity index is 1120. The van der Waals surface area contributed by atoms with Gasteiger partial charge in [-0.2, -0.15) is 0 Å². The number of carbonyl (C=O) groups is 2. The second kappa shape index (κ2) is 9.53. The van der Waals surface area contributed by atoms with Crippen molar-refractivity contribution in [2.75, 3.05) is 6.54 Å². The van der Waals surface area contributed by atoms with Crippen molar-refractivity contribution in [3.8, 4) is 0 Å². The highest BCUT2D eigenvalue weighted by Gasteiger charge is 2.24. The second-order valence-corrected chi connectivity index (χ2v) is 9.53. The summed E-state index contributed by atoms with van der Waals surface area (Å²) in [6, 6.07) is 3.93. The molecule has 6 nitrogen and oxygen atoms in total. The lowest BCUT2D eigenvalue weighted by molar-refractivity contribution is -0.131. The first kappa shape index (κ1) is 21.4. The molecule has 4 rings (SSSR count). The molecule has 0 radical (unpaired) electrons. The van der Waals surface area contributed by atoms with E-state index in [-0.39, 0.29) is 11.8 Å². The second-order valence-electron chi connectivity index (χ2n) is 7.49. The van der Waals surface area contributed by atoms with Crippen molar-refractivity contribution in [2.45, 2.75) is 39.8 Å². The van der Waals surface area contributed by atoms with E-state index in [9.17, 15) is 9.59 Å². The quantitative estimate of drug-likeness (QED) is 0.579. The van der Waals surface area contributed by atoms with Crippen LogP contribution >= 0.6 is 22.7 Å². The number of hydrogen-bond acceptors (Lipinski definition) is 6. The Hall–Kier alpha value is -2.84. The van der Waals surface area contributed by atoms with Crippen molar-refractivity contribution in [3.63, 3.8) is 0 Å². The number of hydrogen-bond donors (Lipinski definition) is 1. The Labute approximate surface area is 189 Å². The molecule has 0 atom stereocenters. The van der Waals surface area contributed by atoms with Gasteiger partial charge in [0.05, 0.1) is 17.1 Å². The van der Waals surface area contributed by atoms with E-state index in [1.165, 1.54) is 5.56 Å². The summed E-state index contributed by atoms with van der Waals surface area (Å²) < 4.78 is 0. The summed E-state index contributed by atoms with van der Waals surface area (Å²) in [5.41, 5.74) is 5.05. The number of nitrogens with one attached hydrogen (secondary N) is 1. The molecule has 3 aromatic rings. The number of nitrogens with zero attached hydrogens (tertiary/aromatic N) is 3. The topological polar surface area (TPSA) is 75.2 Å². The number of thiophene rings is 1. The van der Waals surface area contributed by atoms with Crippen LogP contribution in [0.4, 0.5) is 0 Å². The number of rotatable bonds is 6. The molecule has 0 aromatic carbocycles. The number of aryl methyl sites for hydroxylation is 2. The number of amides is 2. The SMILES string of the molecule is Cc1nc(CC(=O)N2CCc3c(cnc(C)c3CNC(=O)/C=C/c3cccs3)C2)cs1. The van der Waals surface area contributed by atoms with Crippen LogP contribution in [0.2, 0.25) is 0 Å². The van der Waals surface area contributed by atoms with Crippen molar-refractivity contribution in [2.24, 2.45) is 0 Å². The van der Waals surface area contributed by atoms with Crippen LogP contribution in [0.25, 0.3) is 6.08 Å². The van der Waals surface area contributed by atoms with Crippen LogP contribution in [0.5, 0.6) is 0 Å². The van der Waals surface area contributed by atoms with Gasteiger partial charge < -0.3 is 10.2 Å². The first-order valence-corrected chi connectivity index (χ1v) is 11.9. The first-order chi connectivity index (χ1) is 15.0. The molecule has 160 valence electrons. The van der Waals surface area contributed by atoms with Gasteiger partial charge in [0.1, 0.15) is 0 Å². The fourth-order valence-electron chi connectivity index (χ4n) is 3.70. The normalized spacial score (nSPS) is 13.4. The first-order valence-electron chi connectivity index (χ1n) is 10.1. The highest BCUT2D eigenvalue weighted by atomic mass is 32.1. The Morgan fingerprint density at radius 2 is 2.16 bits per heavy atom. The summed E-state index contributed by atoms with van der Waals surface area (Å²) in [5, 5.41) is 7.88. The van der Waals surface area contributed by atoms with E-state index >= 15 is 0 Å². The predicted molar refractivity (Wildman–Crippen MR) is 124 cm³/mol. The lowest BCUT2D eigenvalue weighted by Gasteiger charge is -2.30. The molecule has 8 heteroatoms. The highest BCUT2D eigenvalue weighted by Crippen LogP contribution is 2.24. The molecular formula is C23H24N4O2S2. The minimum Gasteiger partial charge on any atom is -0.348 e. The summed E-state index contributed by atoms with van der Waals surface area (Å²) in [7, 11) is 0. The molecular weight excluding hydrogens is 428 g/mol. The van der Waals surface area contributed by atoms with Gasteiger partial charge >= 0.3 is 0 Å². The van der Waals surface area contributed by atoms with Gasteiger partial charge in [-0.05, 0) is 54.5 Å². The number of pyridine rings is 1. The maximum Gasteiger partial charge on any atom is 0.244 e. The minimum absolute atomic E-state index is 0.0880. The van der Waals surface area contributed by atoms with Crippen molar-refractivity contribution in [1.29, 1.82) is 0 Å². The molecule has 0 aliphatic carbocycles. The maximum absolute atomic E-state index is 12.7. The van der Waals surface area contributed by atoms with E-state index in [0.29, 0.717) is 26.1 Å². The summed E-state index contributed by atoms with van der Waals surface area (Å²) in [5.74, 6) is -0.0401. The van der Waals surface area contributed by atoms with Gasteiger partial charge in [-0.3, -0.25) is 14.6 Å².